The molecule has 0 saturated carbocycles. The monoisotopic (exact) mass is 258 g/mol. The summed E-state index contributed by atoms with van der Waals surface area (Å²) in [5, 5.41) is 17.4. The fraction of sp³-hybridized carbons (Fsp3) is 0.333. The SMILES string of the molecule is CC(C)CCOc1ccc(F)cc1C=C(C#N)C#N. The van der Waals surface area contributed by atoms with Crippen molar-refractivity contribution in [3.8, 4) is 17.9 Å². The Bertz CT molecular complexity index is 534. The predicted octanol–water partition coefficient (Wildman–Crippen LogP) is 3.68. The zero-order valence-electron chi connectivity index (χ0n) is 11.0. The standard InChI is InChI=1S/C15H15FN2O/c1-11(2)5-6-19-15-4-3-14(16)8-13(15)7-12(9-17)10-18/h3-4,7-8,11H,5-6H2,1-2H3. The normalized spacial score (nSPS) is 9.58. The topological polar surface area (TPSA) is 56.8 Å². The minimum Gasteiger partial charge on any atom is -0.493 e. The van der Waals surface area contributed by atoms with E-state index in [1.54, 1.807) is 12.1 Å². The molecule has 0 atom stereocenters. The third kappa shape index (κ3) is 4.81. The van der Waals surface area contributed by atoms with E-state index in [4.69, 9.17) is 15.3 Å². The summed E-state index contributed by atoms with van der Waals surface area (Å²) in [6.07, 6.45) is 2.21. The van der Waals surface area contributed by atoms with Gasteiger partial charge in [0.25, 0.3) is 0 Å². The zero-order valence-corrected chi connectivity index (χ0v) is 11.0. The highest BCUT2D eigenvalue weighted by atomic mass is 19.1. The molecular weight excluding hydrogens is 243 g/mol. The summed E-state index contributed by atoms with van der Waals surface area (Å²) < 4.78 is 18.8. The van der Waals surface area contributed by atoms with Crippen LogP contribution in [0.4, 0.5) is 4.39 Å². The summed E-state index contributed by atoms with van der Waals surface area (Å²) in [7, 11) is 0. The molecule has 1 aromatic carbocycles. The largest absolute Gasteiger partial charge is 0.493 e. The quantitative estimate of drug-likeness (QED) is 0.757. The zero-order chi connectivity index (χ0) is 14.3. The van der Waals surface area contributed by atoms with Crippen molar-refractivity contribution in [2.45, 2.75) is 20.3 Å². The molecule has 3 nitrogen and oxygen atoms in total. The van der Waals surface area contributed by atoms with Crippen molar-refractivity contribution in [1.82, 2.24) is 0 Å². The predicted molar refractivity (Wildman–Crippen MR) is 70.6 cm³/mol. The van der Waals surface area contributed by atoms with Crippen molar-refractivity contribution >= 4 is 6.08 Å². The maximum atomic E-state index is 13.2. The molecular formula is C15H15FN2O. The maximum Gasteiger partial charge on any atom is 0.130 e. The summed E-state index contributed by atoms with van der Waals surface area (Å²) >= 11 is 0. The van der Waals surface area contributed by atoms with Crippen LogP contribution in [0.3, 0.4) is 0 Å². The number of hydrogen-bond donors (Lipinski definition) is 0. The fourth-order valence-corrected chi connectivity index (χ4v) is 1.41. The Morgan fingerprint density at radius 3 is 2.63 bits per heavy atom. The summed E-state index contributed by atoms with van der Waals surface area (Å²) in [5.74, 6) is 0.552. The molecule has 4 heteroatoms. The van der Waals surface area contributed by atoms with E-state index >= 15 is 0 Å². The average molecular weight is 258 g/mol. The van der Waals surface area contributed by atoms with Gasteiger partial charge in [-0.15, -0.1) is 0 Å². The molecule has 1 aromatic rings. The minimum absolute atomic E-state index is 0.0840. The summed E-state index contributed by atoms with van der Waals surface area (Å²) in [6.45, 7) is 4.68. The summed E-state index contributed by atoms with van der Waals surface area (Å²) in [6, 6.07) is 7.54. The third-order valence-corrected chi connectivity index (χ3v) is 2.47. The lowest BCUT2D eigenvalue weighted by Crippen LogP contribution is -2.02. The first-order chi connectivity index (χ1) is 9.06. The first-order valence-corrected chi connectivity index (χ1v) is 6.01. The van der Waals surface area contributed by atoms with Crippen molar-refractivity contribution in [3.63, 3.8) is 0 Å². The van der Waals surface area contributed by atoms with E-state index in [9.17, 15) is 4.39 Å². The van der Waals surface area contributed by atoms with Crippen LogP contribution in [-0.2, 0) is 0 Å². The molecule has 0 N–H and O–H groups in total. The molecule has 0 amide bonds. The number of nitriles is 2. The molecule has 1 rings (SSSR count). The maximum absolute atomic E-state index is 13.2. The highest BCUT2D eigenvalue weighted by Gasteiger charge is 2.06. The van der Waals surface area contributed by atoms with Crippen molar-refractivity contribution in [2.24, 2.45) is 5.92 Å². The van der Waals surface area contributed by atoms with Crippen molar-refractivity contribution in [1.29, 1.82) is 10.5 Å². The number of nitrogens with zero attached hydrogens (tertiary/aromatic N) is 2. The van der Waals surface area contributed by atoms with E-state index in [0.29, 0.717) is 23.8 Å². The van der Waals surface area contributed by atoms with Gasteiger partial charge in [-0.2, -0.15) is 10.5 Å². The highest BCUT2D eigenvalue weighted by molar-refractivity contribution is 5.66. The average Bonchev–Trinajstić information content (AvgIpc) is 2.37. The van der Waals surface area contributed by atoms with E-state index < -0.39 is 5.82 Å². The number of allylic oxidation sites excluding steroid dienone is 1. The lowest BCUT2D eigenvalue weighted by molar-refractivity contribution is 0.288. The van der Waals surface area contributed by atoms with Crippen LogP contribution in [0, 0.1) is 34.4 Å². The molecule has 0 fully saturated rings. The molecule has 19 heavy (non-hydrogen) atoms. The molecule has 0 aromatic heterocycles. The number of halogens is 1. The molecule has 0 aliphatic rings. The van der Waals surface area contributed by atoms with E-state index in [0.717, 1.165) is 6.42 Å². The lowest BCUT2D eigenvalue weighted by Gasteiger charge is -2.10. The van der Waals surface area contributed by atoms with Crippen LogP contribution in [0.5, 0.6) is 5.75 Å². The summed E-state index contributed by atoms with van der Waals surface area (Å²) in [4.78, 5) is 0. The van der Waals surface area contributed by atoms with Gasteiger partial charge in [0.2, 0.25) is 0 Å². The van der Waals surface area contributed by atoms with E-state index in [-0.39, 0.29) is 5.57 Å². The van der Waals surface area contributed by atoms with E-state index in [2.05, 4.69) is 13.8 Å². The molecule has 0 aliphatic carbocycles. The van der Waals surface area contributed by atoms with Crippen LogP contribution in [-0.4, -0.2) is 6.61 Å². The Morgan fingerprint density at radius 2 is 2.05 bits per heavy atom. The van der Waals surface area contributed by atoms with Gasteiger partial charge in [-0.1, -0.05) is 13.8 Å². The Kier molecular flexibility index (Phi) is 5.57. The smallest absolute Gasteiger partial charge is 0.130 e. The van der Waals surface area contributed by atoms with Gasteiger partial charge in [0.1, 0.15) is 29.3 Å². The molecule has 98 valence electrons. The van der Waals surface area contributed by atoms with Crippen LogP contribution in [0.15, 0.2) is 23.8 Å². The molecule has 0 unspecified atom stereocenters. The Morgan fingerprint density at radius 1 is 1.37 bits per heavy atom. The third-order valence-electron chi connectivity index (χ3n) is 2.47. The van der Waals surface area contributed by atoms with Crippen LogP contribution < -0.4 is 4.74 Å². The Labute approximate surface area is 112 Å². The van der Waals surface area contributed by atoms with Gasteiger partial charge in [0.05, 0.1) is 6.61 Å². The fourth-order valence-electron chi connectivity index (χ4n) is 1.41. The van der Waals surface area contributed by atoms with Crippen LogP contribution >= 0.6 is 0 Å². The van der Waals surface area contributed by atoms with E-state index in [1.807, 2.05) is 0 Å². The Balaban J connectivity index is 2.96. The highest BCUT2D eigenvalue weighted by Crippen LogP contribution is 2.23. The van der Waals surface area contributed by atoms with Crippen molar-refractivity contribution in [2.75, 3.05) is 6.61 Å². The van der Waals surface area contributed by atoms with Gasteiger partial charge in [0.15, 0.2) is 0 Å². The Hall–Kier alpha value is -2.33. The second-order valence-corrected chi connectivity index (χ2v) is 4.49. The number of ether oxygens (including phenoxy) is 1. The number of benzene rings is 1. The first-order valence-electron chi connectivity index (χ1n) is 6.01. The number of hydrogen-bond acceptors (Lipinski definition) is 3. The van der Waals surface area contributed by atoms with Crippen LogP contribution in [0.1, 0.15) is 25.8 Å². The van der Waals surface area contributed by atoms with E-state index in [1.165, 1.54) is 24.3 Å². The molecule has 0 bridgehead atoms. The minimum atomic E-state index is -0.433. The second-order valence-electron chi connectivity index (χ2n) is 4.49. The molecule has 0 heterocycles. The van der Waals surface area contributed by atoms with Gasteiger partial charge in [-0.05, 0) is 36.6 Å². The van der Waals surface area contributed by atoms with Crippen LogP contribution in [0.2, 0.25) is 0 Å². The van der Waals surface area contributed by atoms with Crippen LogP contribution in [0.25, 0.3) is 6.08 Å². The molecule has 0 aliphatic heterocycles. The van der Waals surface area contributed by atoms with Gasteiger partial charge in [0, 0.05) is 5.56 Å². The van der Waals surface area contributed by atoms with Crippen molar-refractivity contribution in [3.05, 3.63) is 35.2 Å². The van der Waals surface area contributed by atoms with Gasteiger partial charge < -0.3 is 4.74 Å². The van der Waals surface area contributed by atoms with Gasteiger partial charge in [-0.3, -0.25) is 0 Å². The summed E-state index contributed by atoms with van der Waals surface area (Å²) in [5.41, 5.74) is 0.321. The van der Waals surface area contributed by atoms with Gasteiger partial charge >= 0.3 is 0 Å². The molecule has 0 spiro atoms. The van der Waals surface area contributed by atoms with Crippen molar-refractivity contribution < 1.29 is 9.13 Å². The second kappa shape index (κ2) is 7.18. The number of rotatable bonds is 5. The lowest BCUT2D eigenvalue weighted by atomic mass is 10.1. The van der Waals surface area contributed by atoms with Gasteiger partial charge in [-0.25, -0.2) is 4.39 Å². The molecule has 0 radical (unpaired) electrons. The molecule has 0 saturated heterocycles. The first kappa shape index (κ1) is 14.7.